The minimum Gasteiger partial charge on any atom is -0.493 e. The van der Waals surface area contributed by atoms with Crippen LogP contribution in [-0.4, -0.2) is 43.2 Å². The summed E-state index contributed by atoms with van der Waals surface area (Å²) in [6, 6.07) is 12.9. The smallest absolute Gasteiger partial charge is 0.234 e. The van der Waals surface area contributed by atoms with Gasteiger partial charge in [0.25, 0.3) is 0 Å². The molecule has 0 aliphatic carbocycles. The first-order chi connectivity index (χ1) is 14.5. The first kappa shape index (κ1) is 21.4. The Morgan fingerprint density at radius 1 is 1.00 bits per heavy atom. The monoisotopic (exact) mass is 429 g/mol. The van der Waals surface area contributed by atoms with E-state index in [9.17, 15) is 9.18 Å². The second-order valence-corrected chi connectivity index (χ2v) is 7.01. The normalized spacial score (nSPS) is 10.4. The number of hydrogen-bond acceptors (Lipinski definition) is 7. The molecule has 0 bridgehead atoms. The molecule has 7 nitrogen and oxygen atoms in total. The molecule has 0 aliphatic heterocycles. The SMILES string of the molecule is COc1cc(-c2ccc(SCC(=O)Nc3cccc(F)c3)nn2)cc(OC)c1OC. The van der Waals surface area contributed by atoms with E-state index in [0.717, 1.165) is 5.56 Å². The molecule has 0 spiro atoms. The van der Waals surface area contributed by atoms with E-state index in [-0.39, 0.29) is 11.7 Å². The Labute approximate surface area is 177 Å². The van der Waals surface area contributed by atoms with Crippen LogP contribution in [-0.2, 0) is 4.79 Å². The zero-order valence-electron chi connectivity index (χ0n) is 16.6. The molecule has 0 radical (unpaired) electrons. The molecule has 1 N–H and O–H groups in total. The first-order valence-corrected chi connectivity index (χ1v) is 9.85. The highest BCUT2D eigenvalue weighted by molar-refractivity contribution is 7.99. The minimum absolute atomic E-state index is 0.120. The summed E-state index contributed by atoms with van der Waals surface area (Å²) in [7, 11) is 4.62. The van der Waals surface area contributed by atoms with Crippen molar-refractivity contribution < 1.29 is 23.4 Å². The second kappa shape index (κ2) is 9.93. The largest absolute Gasteiger partial charge is 0.493 e. The molecule has 30 heavy (non-hydrogen) atoms. The molecular formula is C21H20FN3O4S. The Bertz CT molecular complexity index is 1010. The molecule has 2 aromatic carbocycles. The third-order valence-corrected chi connectivity index (χ3v) is 4.98. The maximum atomic E-state index is 13.2. The zero-order chi connectivity index (χ0) is 21.5. The number of carbonyl (C=O) groups excluding carboxylic acids is 1. The highest BCUT2D eigenvalue weighted by atomic mass is 32.2. The zero-order valence-corrected chi connectivity index (χ0v) is 17.5. The fourth-order valence-electron chi connectivity index (χ4n) is 2.68. The predicted octanol–water partition coefficient (Wildman–Crippen LogP) is 4.04. The van der Waals surface area contributed by atoms with Crippen LogP contribution in [0.25, 0.3) is 11.3 Å². The molecule has 0 fully saturated rings. The highest BCUT2D eigenvalue weighted by Gasteiger charge is 2.15. The van der Waals surface area contributed by atoms with Crippen molar-refractivity contribution in [3.8, 4) is 28.5 Å². The number of thioether (sulfide) groups is 1. The number of ether oxygens (including phenoxy) is 3. The summed E-state index contributed by atoms with van der Waals surface area (Å²) in [5.74, 6) is 0.972. The van der Waals surface area contributed by atoms with Crippen molar-refractivity contribution in [2.75, 3.05) is 32.4 Å². The Kier molecular flexibility index (Phi) is 7.08. The van der Waals surface area contributed by atoms with Crippen LogP contribution in [0, 0.1) is 5.82 Å². The van der Waals surface area contributed by atoms with Crippen LogP contribution in [0.4, 0.5) is 10.1 Å². The third-order valence-electron chi connectivity index (χ3n) is 4.06. The number of carbonyl (C=O) groups is 1. The van der Waals surface area contributed by atoms with Gasteiger partial charge >= 0.3 is 0 Å². The van der Waals surface area contributed by atoms with Crippen molar-refractivity contribution >= 4 is 23.4 Å². The van der Waals surface area contributed by atoms with Gasteiger partial charge in [-0.2, -0.15) is 0 Å². The van der Waals surface area contributed by atoms with Crippen LogP contribution in [0.2, 0.25) is 0 Å². The van der Waals surface area contributed by atoms with E-state index in [1.165, 1.54) is 37.1 Å². The number of benzene rings is 2. The van der Waals surface area contributed by atoms with Crippen molar-refractivity contribution in [2.24, 2.45) is 0 Å². The van der Waals surface area contributed by atoms with Crippen LogP contribution < -0.4 is 19.5 Å². The lowest BCUT2D eigenvalue weighted by Gasteiger charge is -2.13. The van der Waals surface area contributed by atoms with Gasteiger partial charge in [0, 0.05) is 11.3 Å². The third kappa shape index (κ3) is 5.18. The van der Waals surface area contributed by atoms with E-state index in [1.807, 2.05) is 0 Å². The molecule has 3 rings (SSSR count). The maximum Gasteiger partial charge on any atom is 0.234 e. The standard InChI is InChI=1S/C21H20FN3O4S/c1-27-17-9-13(10-18(28-2)21(17)29-3)16-7-8-20(25-24-16)30-12-19(26)23-15-6-4-5-14(22)11-15/h4-11H,12H2,1-3H3,(H,23,26). The van der Waals surface area contributed by atoms with Crippen LogP contribution in [0.15, 0.2) is 53.6 Å². The van der Waals surface area contributed by atoms with Crippen molar-refractivity contribution in [2.45, 2.75) is 5.03 Å². The van der Waals surface area contributed by atoms with Crippen LogP contribution in [0.3, 0.4) is 0 Å². The number of anilines is 1. The number of methoxy groups -OCH3 is 3. The summed E-state index contributed by atoms with van der Waals surface area (Å²) in [4.78, 5) is 12.0. The van der Waals surface area contributed by atoms with Crippen LogP contribution in [0.5, 0.6) is 17.2 Å². The van der Waals surface area contributed by atoms with E-state index in [1.54, 1.807) is 44.6 Å². The second-order valence-electron chi connectivity index (χ2n) is 6.02. The summed E-state index contributed by atoms with van der Waals surface area (Å²) in [6.45, 7) is 0. The summed E-state index contributed by atoms with van der Waals surface area (Å²) in [5, 5.41) is 11.6. The molecule has 0 saturated heterocycles. The van der Waals surface area contributed by atoms with Gasteiger partial charge in [0.2, 0.25) is 11.7 Å². The number of halogens is 1. The first-order valence-electron chi connectivity index (χ1n) is 8.86. The fraction of sp³-hybridized carbons (Fsp3) is 0.190. The van der Waals surface area contributed by atoms with E-state index in [2.05, 4.69) is 15.5 Å². The predicted molar refractivity (Wildman–Crippen MR) is 113 cm³/mol. The molecule has 1 heterocycles. The molecule has 0 unspecified atom stereocenters. The van der Waals surface area contributed by atoms with Crippen LogP contribution in [0.1, 0.15) is 0 Å². The molecule has 0 atom stereocenters. The quantitative estimate of drug-likeness (QED) is 0.541. The lowest BCUT2D eigenvalue weighted by Crippen LogP contribution is -2.14. The molecule has 9 heteroatoms. The topological polar surface area (TPSA) is 82.6 Å². The number of nitrogens with one attached hydrogen (secondary N) is 1. The molecular weight excluding hydrogens is 409 g/mol. The van der Waals surface area contributed by atoms with Crippen molar-refractivity contribution in [3.63, 3.8) is 0 Å². The number of amides is 1. The van der Waals surface area contributed by atoms with Gasteiger partial charge in [0.15, 0.2) is 11.5 Å². The van der Waals surface area contributed by atoms with Crippen LogP contribution >= 0.6 is 11.8 Å². The Morgan fingerprint density at radius 2 is 1.73 bits per heavy atom. The van der Waals surface area contributed by atoms with Gasteiger partial charge in [0.05, 0.1) is 32.8 Å². The molecule has 0 aliphatic rings. The van der Waals surface area contributed by atoms with E-state index in [4.69, 9.17) is 14.2 Å². The van der Waals surface area contributed by atoms with Gasteiger partial charge in [-0.05, 0) is 42.5 Å². The molecule has 156 valence electrons. The molecule has 0 saturated carbocycles. The Hall–Kier alpha value is -3.33. The van der Waals surface area contributed by atoms with Gasteiger partial charge in [0.1, 0.15) is 10.8 Å². The van der Waals surface area contributed by atoms with Crippen molar-refractivity contribution in [3.05, 3.63) is 54.3 Å². The average Bonchev–Trinajstić information content (AvgIpc) is 2.77. The number of hydrogen-bond donors (Lipinski definition) is 1. The number of rotatable bonds is 8. The summed E-state index contributed by atoms with van der Waals surface area (Å²) >= 11 is 1.23. The minimum atomic E-state index is -0.409. The lowest BCUT2D eigenvalue weighted by atomic mass is 10.1. The highest BCUT2D eigenvalue weighted by Crippen LogP contribution is 2.40. The molecule has 1 amide bonds. The number of nitrogens with zero attached hydrogens (tertiary/aromatic N) is 2. The van der Waals surface area contributed by atoms with Gasteiger partial charge in [-0.15, -0.1) is 10.2 Å². The summed E-state index contributed by atoms with van der Waals surface area (Å²) < 4.78 is 29.2. The average molecular weight is 429 g/mol. The van der Waals surface area contributed by atoms with Gasteiger partial charge in [-0.3, -0.25) is 4.79 Å². The van der Waals surface area contributed by atoms with E-state index in [0.29, 0.717) is 33.7 Å². The Balaban J connectivity index is 1.67. The van der Waals surface area contributed by atoms with Gasteiger partial charge in [-0.25, -0.2) is 4.39 Å². The summed E-state index contributed by atoms with van der Waals surface area (Å²) in [5.41, 5.74) is 1.77. The molecule has 3 aromatic rings. The number of aromatic nitrogens is 2. The Morgan fingerprint density at radius 3 is 2.30 bits per heavy atom. The fourth-order valence-corrected chi connectivity index (χ4v) is 3.30. The van der Waals surface area contributed by atoms with E-state index < -0.39 is 5.82 Å². The molecule has 1 aromatic heterocycles. The van der Waals surface area contributed by atoms with Crippen molar-refractivity contribution in [1.82, 2.24) is 10.2 Å². The van der Waals surface area contributed by atoms with E-state index >= 15 is 0 Å². The van der Waals surface area contributed by atoms with Gasteiger partial charge in [-0.1, -0.05) is 17.8 Å². The van der Waals surface area contributed by atoms with Gasteiger partial charge < -0.3 is 19.5 Å². The lowest BCUT2D eigenvalue weighted by molar-refractivity contribution is -0.113. The maximum absolute atomic E-state index is 13.2. The summed E-state index contributed by atoms with van der Waals surface area (Å²) in [6.07, 6.45) is 0. The van der Waals surface area contributed by atoms with Crippen molar-refractivity contribution in [1.29, 1.82) is 0 Å².